The second kappa shape index (κ2) is 6.02. The smallest absolute Gasteiger partial charge is 0.336 e. The van der Waals surface area contributed by atoms with Gasteiger partial charge in [-0.2, -0.15) is 0 Å². The lowest BCUT2D eigenvalue weighted by molar-refractivity contribution is -0.137. The van der Waals surface area contributed by atoms with Crippen LogP contribution in [0.1, 0.15) is 11.8 Å². The van der Waals surface area contributed by atoms with Crippen LogP contribution in [0.4, 0.5) is 0 Å². The predicted octanol–water partition coefficient (Wildman–Crippen LogP) is 2.87. The van der Waals surface area contributed by atoms with Gasteiger partial charge in [-0.1, -0.05) is 39.8 Å². The Morgan fingerprint density at radius 3 is 2.70 bits per heavy atom. The lowest BCUT2D eigenvalue weighted by Crippen LogP contribution is -2.12. The number of methoxy groups -OCH3 is 1. The molecule has 0 aliphatic carbocycles. The van der Waals surface area contributed by atoms with Crippen molar-refractivity contribution in [1.29, 1.82) is 0 Å². The summed E-state index contributed by atoms with van der Waals surface area (Å²) in [6.45, 7) is 3.48. The molecule has 2 rings (SSSR count). The van der Waals surface area contributed by atoms with Crippen LogP contribution in [0.3, 0.4) is 0 Å². The highest BCUT2D eigenvalue weighted by Gasteiger charge is 2.22. The van der Waals surface area contributed by atoms with Crippen molar-refractivity contribution >= 4 is 21.9 Å². The second-order valence-electron chi connectivity index (χ2n) is 4.04. The first-order chi connectivity index (χ1) is 9.52. The van der Waals surface area contributed by atoms with Gasteiger partial charge in [-0.05, 0) is 12.1 Å². The molecule has 1 heterocycles. The van der Waals surface area contributed by atoms with Gasteiger partial charge in [0.05, 0.1) is 12.7 Å². The molecule has 1 atom stereocenters. The van der Waals surface area contributed by atoms with Crippen molar-refractivity contribution in [3.63, 3.8) is 0 Å². The summed E-state index contributed by atoms with van der Waals surface area (Å²) < 4.78 is 10.6. The molecule has 6 heteroatoms. The summed E-state index contributed by atoms with van der Waals surface area (Å²) in [5.74, 6) is -0.199. The summed E-state index contributed by atoms with van der Waals surface area (Å²) in [5.41, 5.74) is 0.921. The number of esters is 1. The van der Waals surface area contributed by atoms with Crippen molar-refractivity contribution in [2.24, 2.45) is 0 Å². The van der Waals surface area contributed by atoms with Crippen molar-refractivity contribution in [3.05, 3.63) is 52.7 Å². The molecule has 2 aromatic rings. The van der Waals surface area contributed by atoms with Gasteiger partial charge in [-0.25, -0.2) is 4.79 Å². The lowest BCUT2D eigenvalue weighted by Gasteiger charge is -2.07. The van der Waals surface area contributed by atoms with E-state index in [2.05, 4.69) is 32.4 Å². The number of aliphatic hydroxyl groups excluding tert-OH is 1. The molecule has 1 unspecified atom stereocenters. The molecular weight excluding hydrogens is 326 g/mol. The number of rotatable bonds is 4. The molecule has 0 saturated carbocycles. The molecule has 1 N–H and O–H groups in total. The third-order valence-corrected chi connectivity index (χ3v) is 3.24. The second-order valence-corrected chi connectivity index (χ2v) is 4.96. The van der Waals surface area contributed by atoms with E-state index in [1.54, 1.807) is 6.07 Å². The average molecular weight is 338 g/mol. The Kier molecular flexibility index (Phi) is 4.36. The minimum atomic E-state index is -1.25. The number of nitrogens with zero attached hydrogens (tertiary/aromatic N) is 1. The highest BCUT2D eigenvalue weighted by molar-refractivity contribution is 9.10. The number of aromatic nitrogens is 1. The third kappa shape index (κ3) is 2.97. The Morgan fingerprint density at radius 2 is 2.10 bits per heavy atom. The van der Waals surface area contributed by atoms with E-state index >= 15 is 0 Å². The fourth-order valence-electron chi connectivity index (χ4n) is 1.59. The van der Waals surface area contributed by atoms with E-state index in [1.807, 2.05) is 24.3 Å². The van der Waals surface area contributed by atoms with E-state index in [1.165, 1.54) is 7.11 Å². The summed E-state index contributed by atoms with van der Waals surface area (Å²) in [6.07, 6.45) is -1.25. The Balaban J connectivity index is 2.22. The maximum atomic E-state index is 11.3. The summed E-state index contributed by atoms with van der Waals surface area (Å²) in [4.78, 5) is 11.3. The number of aliphatic hydroxyl groups is 1. The van der Waals surface area contributed by atoms with Crippen LogP contribution in [0, 0.1) is 0 Å². The van der Waals surface area contributed by atoms with Crippen molar-refractivity contribution in [3.8, 4) is 11.3 Å². The number of hydrogen-bond donors (Lipinski definition) is 1. The first-order valence-corrected chi connectivity index (χ1v) is 6.50. The highest BCUT2D eigenvalue weighted by Crippen LogP contribution is 2.27. The van der Waals surface area contributed by atoms with Gasteiger partial charge < -0.3 is 14.4 Å². The summed E-state index contributed by atoms with van der Waals surface area (Å²) in [7, 11) is 1.22. The molecule has 0 saturated heterocycles. The number of ether oxygens (including phenoxy) is 1. The predicted molar refractivity (Wildman–Crippen MR) is 75.8 cm³/mol. The van der Waals surface area contributed by atoms with Crippen molar-refractivity contribution in [1.82, 2.24) is 5.16 Å². The minimum absolute atomic E-state index is 0.0943. The molecule has 1 aromatic heterocycles. The summed E-state index contributed by atoms with van der Waals surface area (Å²) in [5, 5.41) is 13.7. The molecule has 0 aliphatic rings. The monoisotopic (exact) mass is 337 g/mol. The van der Waals surface area contributed by atoms with Crippen LogP contribution in [0.15, 0.2) is 51.5 Å². The first-order valence-electron chi connectivity index (χ1n) is 5.70. The molecule has 0 aliphatic heterocycles. The highest BCUT2D eigenvalue weighted by atomic mass is 79.9. The number of carbonyl (C=O) groups excluding carboxylic acids is 1. The zero-order valence-electron chi connectivity index (χ0n) is 10.7. The Bertz CT molecular complexity index is 633. The lowest BCUT2D eigenvalue weighted by atomic mass is 10.1. The maximum Gasteiger partial charge on any atom is 0.336 e. The van der Waals surface area contributed by atoms with Gasteiger partial charge in [0.25, 0.3) is 0 Å². The zero-order valence-corrected chi connectivity index (χ0v) is 12.3. The van der Waals surface area contributed by atoms with Gasteiger partial charge >= 0.3 is 5.97 Å². The SMILES string of the molecule is C=C(C(=O)OC)C(O)c1cc(-c2ccc(Br)cc2)on1. The fourth-order valence-corrected chi connectivity index (χ4v) is 1.85. The molecule has 0 bridgehead atoms. The van der Waals surface area contributed by atoms with Crippen LogP contribution in [0.25, 0.3) is 11.3 Å². The summed E-state index contributed by atoms with van der Waals surface area (Å²) >= 11 is 3.34. The van der Waals surface area contributed by atoms with Crippen LogP contribution in [-0.4, -0.2) is 23.3 Å². The molecule has 0 fully saturated rings. The van der Waals surface area contributed by atoms with Crippen LogP contribution in [0.2, 0.25) is 0 Å². The van der Waals surface area contributed by atoms with Gasteiger partial charge in [0, 0.05) is 16.1 Å². The number of carbonyl (C=O) groups is 1. The fraction of sp³-hybridized carbons (Fsp3) is 0.143. The normalized spacial score (nSPS) is 11.9. The Hall–Kier alpha value is -1.92. The number of halogens is 1. The van der Waals surface area contributed by atoms with E-state index in [4.69, 9.17) is 4.52 Å². The van der Waals surface area contributed by atoms with Crippen LogP contribution >= 0.6 is 15.9 Å². The standard InChI is InChI=1S/C14H12BrNO4/c1-8(14(18)19-2)13(17)11-7-12(20-16-11)9-3-5-10(15)6-4-9/h3-7,13,17H,1H2,2H3. The van der Waals surface area contributed by atoms with Gasteiger partial charge in [0.15, 0.2) is 5.76 Å². The van der Waals surface area contributed by atoms with Gasteiger partial charge in [0.1, 0.15) is 11.8 Å². The van der Waals surface area contributed by atoms with Crippen molar-refractivity contribution in [2.45, 2.75) is 6.10 Å². The molecule has 0 amide bonds. The molecule has 20 heavy (non-hydrogen) atoms. The first kappa shape index (κ1) is 14.5. The van der Waals surface area contributed by atoms with E-state index in [0.717, 1.165) is 10.0 Å². The number of benzene rings is 1. The largest absolute Gasteiger partial charge is 0.466 e. The Labute approximate surface area is 124 Å². The minimum Gasteiger partial charge on any atom is -0.466 e. The van der Waals surface area contributed by atoms with E-state index in [9.17, 15) is 9.90 Å². The molecule has 0 radical (unpaired) electrons. The Morgan fingerprint density at radius 1 is 1.45 bits per heavy atom. The van der Waals surface area contributed by atoms with Crippen molar-refractivity contribution in [2.75, 3.05) is 7.11 Å². The van der Waals surface area contributed by atoms with Crippen LogP contribution < -0.4 is 0 Å². The van der Waals surface area contributed by atoms with Crippen molar-refractivity contribution < 1.29 is 19.2 Å². The number of hydrogen-bond acceptors (Lipinski definition) is 5. The molecule has 1 aromatic carbocycles. The molecule has 0 spiro atoms. The maximum absolute atomic E-state index is 11.3. The molecule has 5 nitrogen and oxygen atoms in total. The van der Waals surface area contributed by atoms with Gasteiger partial charge in [-0.15, -0.1) is 0 Å². The molecule has 104 valence electrons. The molecular formula is C14H12BrNO4. The van der Waals surface area contributed by atoms with Crippen LogP contribution in [-0.2, 0) is 9.53 Å². The average Bonchev–Trinajstić information content (AvgIpc) is 2.95. The van der Waals surface area contributed by atoms with Gasteiger partial charge in [-0.3, -0.25) is 0 Å². The van der Waals surface area contributed by atoms with Crippen LogP contribution in [0.5, 0.6) is 0 Å². The third-order valence-electron chi connectivity index (χ3n) is 2.71. The van der Waals surface area contributed by atoms with E-state index in [-0.39, 0.29) is 11.3 Å². The zero-order chi connectivity index (χ0) is 14.7. The summed E-state index contributed by atoms with van der Waals surface area (Å²) in [6, 6.07) is 8.97. The van der Waals surface area contributed by atoms with E-state index < -0.39 is 12.1 Å². The topological polar surface area (TPSA) is 72.6 Å². The van der Waals surface area contributed by atoms with E-state index in [0.29, 0.717) is 5.76 Å². The quantitative estimate of drug-likeness (QED) is 0.686. The van der Waals surface area contributed by atoms with Gasteiger partial charge in [0.2, 0.25) is 0 Å².